The van der Waals surface area contributed by atoms with Crippen molar-refractivity contribution in [2.24, 2.45) is 0 Å². The van der Waals surface area contributed by atoms with E-state index in [4.69, 9.17) is 6.42 Å². The second-order valence-corrected chi connectivity index (χ2v) is 3.42. The van der Waals surface area contributed by atoms with Crippen LogP contribution < -0.4 is 0 Å². The molecule has 0 nitrogen and oxygen atoms in total. The van der Waals surface area contributed by atoms with E-state index in [2.05, 4.69) is 44.0 Å². The van der Waals surface area contributed by atoms with E-state index in [0.29, 0.717) is 5.92 Å². The predicted octanol–water partition coefficient (Wildman–Crippen LogP) is 3.51. The Morgan fingerprint density at radius 1 is 1.31 bits per heavy atom. The Morgan fingerprint density at radius 2 is 1.92 bits per heavy atom. The van der Waals surface area contributed by atoms with Crippen molar-refractivity contribution in [1.29, 1.82) is 0 Å². The molecule has 0 aliphatic heterocycles. The maximum atomic E-state index is 5.48. The molecule has 0 radical (unpaired) electrons. The van der Waals surface area contributed by atoms with E-state index in [1.54, 1.807) is 0 Å². The smallest absolute Gasteiger partial charge is 0.0449 e. The van der Waals surface area contributed by atoms with Crippen LogP contribution in [0.5, 0.6) is 0 Å². The standard InChI is InChI=1S/C13H16/c1-4-6-12(5-2)13-9-7-11(3)8-10-13/h2,7-10,12H,4,6H2,1,3H3. The van der Waals surface area contributed by atoms with Crippen molar-refractivity contribution in [3.05, 3.63) is 35.4 Å². The van der Waals surface area contributed by atoms with Crippen LogP contribution in [0.2, 0.25) is 0 Å². The van der Waals surface area contributed by atoms with Gasteiger partial charge in [0.2, 0.25) is 0 Å². The fourth-order valence-electron chi connectivity index (χ4n) is 1.43. The molecule has 0 fully saturated rings. The molecule has 0 heterocycles. The van der Waals surface area contributed by atoms with Gasteiger partial charge < -0.3 is 0 Å². The van der Waals surface area contributed by atoms with Gasteiger partial charge in [-0.15, -0.1) is 6.42 Å². The van der Waals surface area contributed by atoms with E-state index in [1.165, 1.54) is 11.1 Å². The van der Waals surface area contributed by atoms with Gasteiger partial charge >= 0.3 is 0 Å². The quantitative estimate of drug-likeness (QED) is 0.612. The number of benzene rings is 1. The molecule has 0 saturated heterocycles. The summed E-state index contributed by atoms with van der Waals surface area (Å²) in [5.41, 5.74) is 2.56. The van der Waals surface area contributed by atoms with Gasteiger partial charge in [-0.1, -0.05) is 49.1 Å². The first-order valence-electron chi connectivity index (χ1n) is 4.80. The second kappa shape index (κ2) is 4.72. The van der Waals surface area contributed by atoms with Crippen LogP contribution in [0.3, 0.4) is 0 Å². The molecule has 1 rings (SSSR count). The van der Waals surface area contributed by atoms with Crippen LogP contribution in [0.1, 0.15) is 36.8 Å². The minimum Gasteiger partial charge on any atom is -0.119 e. The van der Waals surface area contributed by atoms with Crippen molar-refractivity contribution >= 4 is 0 Å². The third-order valence-electron chi connectivity index (χ3n) is 2.26. The van der Waals surface area contributed by atoms with Crippen LogP contribution in [0.15, 0.2) is 24.3 Å². The zero-order valence-corrected chi connectivity index (χ0v) is 8.38. The zero-order chi connectivity index (χ0) is 9.68. The van der Waals surface area contributed by atoms with Crippen LogP contribution in [0.4, 0.5) is 0 Å². The van der Waals surface area contributed by atoms with Crippen molar-refractivity contribution in [2.45, 2.75) is 32.6 Å². The normalized spacial score (nSPS) is 12.1. The van der Waals surface area contributed by atoms with Crippen LogP contribution in [-0.2, 0) is 0 Å². The van der Waals surface area contributed by atoms with E-state index in [-0.39, 0.29) is 0 Å². The average molecular weight is 172 g/mol. The number of hydrogen-bond donors (Lipinski definition) is 0. The topological polar surface area (TPSA) is 0 Å². The molecule has 68 valence electrons. The molecule has 0 spiro atoms. The molecule has 0 bridgehead atoms. The number of rotatable bonds is 3. The van der Waals surface area contributed by atoms with Crippen LogP contribution in [-0.4, -0.2) is 0 Å². The lowest BCUT2D eigenvalue weighted by Gasteiger charge is -2.09. The fourth-order valence-corrected chi connectivity index (χ4v) is 1.43. The van der Waals surface area contributed by atoms with Gasteiger partial charge in [-0.05, 0) is 18.9 Å². The Bertz CT molecular complexity index is 287. The largest absolute Gasteiger partial charge is 0.119 e. The van der Waals surface area contributed by atoms with Gasteiger partial charge in [0.05, 0.1) is 0 Å². The first-order valence-corrected chi connectivity index (χ1v) is 4.80. The molecule has 13 heavy (non-hydrogen) atoms. The molecule has 0 aromatic heterocycles. The Morgan fingerprint density at radius 3 is 2.38 bits per heavy atom. The maximum Gasteiger partial charge on any atom is 0.0449 e. The highest BCUT2D eigenvalue weighted by Crippen LogP contribution is 2.20. The molecule has 0 heteroatoms. The van der Waals surface area contributed by atoms with Crippen LogP contribution in [0.25, 0.3) is 0 Å². The van der Waals surface area contributed by atoms with Gasteiger partial charge in [-0.25, -0.2) is 0 Å². The summed E-state index contributed by atoms with van der Waals surface area (Å²) in [5, 5.41) is 0. The number of aryl methyl sites for hydroxylation is 1. The molecular formula is C13H16. The monoisotopic (exact) mass is 172 g/mol. The lowest BCUT2D eigenvalue weighted by Crippen LogP contribution is -1.94. The summed E-state index contributed by atoms with van der Waals surface area (Å²) >= 11 is 0. The summed E-state index contributed by atoms with van der Waals surface area (Å²) in [6.07, 6.45) is 7.70. The summed E-state index contributed by atoms with van der Waals surface area (Å²) in [6.45, 7) is 4.26. The van der Waals surface area contributed by atoms with Crippen LogP contribution in [0, 0.1) is 19.3 Å². The predicted molar refractivity (Wildman–Crippen MR) is 57.7 cm³/mol. The summed E-state index contributed by atoms with van der Waals surface area (Å²) in [7, 11) is 0. The van der Waals surface area contributed by atoms with Gasteiger partial charge in [-0.2, -0.15) is 0 Å². The number of hydrogen-bond acceptors (Lipinski definition) is 0. The summed E-state index contributed by atoms with van der Waals surface area (Å²) < 4.78 is 0. The zero-order valence-electron chi connectivity index (χ0n) is 8.38. The molecule has 0 aliphatic carbocycles. The van der Waals surface area contributed by atoms with E-state index in [1.807, 2.05) is 0 Å². The van der Waals surface area contributed by atoms with E-state index in [0.717, 1.165) is 12.8 Å². The summed E-state index contributed by atoms with van der Waals surface area (Å²) in [6, 6.07) is 8.51. The highest BCUT2D eigenvalue weighted by Gasteiger charge is 2.05. The van der Waals surface area contributed by atoms with Crippen molar-refractivity contribution in [3.63, 3.8) is 0 Å². The van der Waals surface area contributed by atoms with Gasteiger partial charge in [0, 0.05) is 5.92 Å². The summed E-state index contributed by atoms with van der Waals surface area (Å²) in [5.74, 6) is 3.14. The van der Waals surface area contributed by atoms with E-state index >= 15 is 0 Å². The van der Waals surface area contributed by atoms with Gasteiger partial charge in [0.25, 0.3) is 0 Å². The van der Waals surface area contributed by atoms with Crippen molar-refractivity contribution < 1.29 is 0 Å². The third-order valence-corrected chi connectivity index (χ3v) is 2.26. The lowest BCUT2D eigenvalue weighted by atomic mass is 9.95. The highest BCUT2D eigenvalue weighted by molar-refractivity contribution is 5.29. The number of terminal acetylenes is 1. The molecule has 0 amide bonds. The first kappa shape index (κ1) is 9.86. The molecule has 0 N–H and O–H groups in total. The SMILES string of the molecule is C#CC(CCC)c1ccc(C)cc1. The Balaban J connectivity index is 2.81. The van der Waals surface area contributed by atoms with Crippen molar-refractivity contribution in [2.75, 3.05) is 0 Å². The van der Waals surface area contributed by atoms with E-state index in [9.17, 15) is 0 Å². The fraction of sp³-hybridized carbons (Fsp3) is 0.385. The molecule has 1 unspecified atom stereocenters. The second-order valence-electron chi connectivity index (χ2n) is 3.42. The molecule has 0 aliphatic rings. The maximum absolute atomic E-state index is 5.48. The van der Waals surface area contributed by atoms with Gasteiger partial charge in [-0.3, -0.25) is 0 Å². The molecule has 1 aromatic rings. The Labute approximate surface area is 81.0 Å². The summed E-state index contributed by atoms with van der Waals surface area (Å²) in [4.78, 5) is 0. The third kappa shape index (κ3) is 2.63. The van der Waals surface area contributed by atoms with Crippen molar-refractivity contribution in [3.8, 4) is 12.3 Å². The lowest BCUT2D eigenvalue weighted by molar-refractivity contribution is 0.734. The minimum atomic E-state index is 0.297. The first-order chi connectivity index (χ1) is 6.27. The van der Waals surface area contributed by atoms with Gasteiger partial charge in [0.15, 0.2) is 0 Å². The molecular weight excluding hydrogens is 156 g/mol. The Hall–Kier alpha value is -1.22. The van der Waals surface area contributed by atoms with Crippen LogP contribution >= 0.6 is 0 Å². The van der Waals surface area contributed by atoms with Gasteiger partial charge in [0.1, 0.15) is 0 Å². The minimum absolute atomic E-state index is 0.297. The Kier molecular flexibility index (Phi) is 3.58. The van der Waals surface area contributed by atoms with Crippen molar-refractivity contribution in [1.82, 2.24) is 0 Å². The average Bonchev–Trinajstić information content (AvgIpc) is 2.16. The highest BCUT2D eigenvalue weighted by atomic mass is 14.1. The van der Waals surface area contributed by atoms with E-state index < -0.39 is 0 Å². The molecule has 0 saturated carbocycles. The molecule has 1 atom stereocenters. The molecule has 1 aromatic carbocycles.